The summed E-state index contributed by atoms with van der Waals surface area (Å²) in [7, 11) is 0. The van der Waals surface area contributed by atoms with Crippen LogP contribution in [0.25, 0.3) is 0 Å². The first-order valence-corrected chi connectivity index (χ1v) is 3.43. The number of rotatable bonds is 1. The summed E-state index contributed by atoms with van der Waals surface area (Å²) in [5.74, 6) is 3.99. The number of benzene rings is 1. The van der Waals surface area contributed by atoms with Gasteiger partial charge in [0.25, 0.3) is 0 Å². The second-order valence-corrected chi connectivity index (χ2v) is 2.21. The van der Waals surface area contributed by atoms with Crippen LogP contribution in [0.5, 0.6) is 0 Å². The Morgan fingerprint density at radius 3 is 2.85 bits per heavy atom. The van der Waals surface area contributed by atoms with Crippen molar-refractivity contribution in [3.8, 4) is 17.9 Å². The lowest BCUT2D eigenvalue weighted by Crippen LogP contribution is -1.88. The van der Waals surface area contributed by atoms with Crippen molar-refractivity contribution in [3.63, 3.8) is 0 Å². The van der Waals surface area contributed by atoms with Gasteiger partial charge in [0.2, 0.25) is 0 Å². The molecule has 0 aromatic heterocycles. The highest BCUT2D eigenvalue weighted by molar-refractivity contribution is 5.79. The van der Waals surface area contributed by atoms with Crippen molar-refractivity contribution in [2.75, 3.05) is 0 Å². The van der Waals surface area contributed by atoms with Gasteiger partial charge < -0.3 is 0 Å². The molecule has 3 heteroatoms. The lowest BCUT2D eigenvalue weighted by molar-refractivity contribution is 0.112. The molecule has 0 unspecified atom stereocenters. The Bertz CT molecular complexity index is 434. The molecule has 2 nitrogen and oxygen atoms in total. The number of halogens is 1. The van der Waals surface area contributed by atoms with Crippen LogP contribution in [0.15, 0.2) is 18.2 Å². The van der Waals surface area contributed by atoms with E-state index in [0.717, 1.165) is 6.07 Å². The second kappa shape index (κ2) is 4.04. The number of nitriles is 1. The third-order valence-corrected chi connectivity index (χ3v) is 1.40. The highest BCUT2D eigenvalue weighted by atomic mass is 19.1. The Labute approximate surface area is 74.6 Å². The maximum Gasteiger partial charge on any atom is 0.152 e. The Kier molecular flexibility index (Phi) is 2.78. The Hall–Kier alpha value is -2.13. The highest BCUT2D eigenvalue weighted by Gasteiger charge is 1.99. The largest absolute Gasteiger partial charge is 0.298 e. The summed E-state index contributed by atoms with van der Waals surface area (Å²) in [4.78, 5) is 10.4. The number of hydrogen-bond acceptors (Lipinski definition) is 2. The maximum atomic E-state index is 12.6. The van der Waals surface area contributed by atoms with Gasteiger partial charge in [-0.15, -0.1) is 0 Å². The van der Waals surface area contributed by atoms with Crippen molar-refractivity contribution >= 4 is 6.29 Å². The van der Waals surface area contributed by atoms with E-state index in [4.69, 9.17) is 5.26 Å². The van der Waals surface area contributed by atoms with Gasteiger partial charge in [0.1, 0.15) is 5.82 Å². The summed E-state index contributed by atoms with van der Waals surface area (Å²) in [6.07, 6.45) is 0.570. The van der Waals surface area contributed by atoms with E-state index in [-0.39, 0.29) is 11.1 Å². The molecule has 0 fully saturated rings. The lowest BCUT2D eigenvalue weighted by Gasteiger charge is -1.94. The molecular formula is C10H4FNO. The van der Waals surface area contributed by atoms with Crippen LogP contribution in [0.2, 0.25) is 0 Å². The van der Waals surface area contributed by atoms with E-state index < -0.39 is 5.82 Å². The fourth-order valence-electron chi connectivity index (χ4n) is 0.835. The third-order valence-electron chi connectivity index (χ3n) is 1.40. The number of carbonyl (C=O) groups is 1. The van der Waals surface area contributed by atoms with Crippen LogP contribution in [-0.4, -0.2) is 6.29 Å². The van der Waals surface area contributed by atoms with Crippen molar-refractivity contribution in [2.45, 2.75) is 0 Å². The zero-order valence-corrected chi connectivity index (χ0v) is 6.54. The minimum Gasteiger partial charge on any atom is -0.298 e. The van der Waals surface area contributed by atoms with Crippen LogP contribution in [0.4, 0.5) is 4.39 Å². The molecule has 0 aliphatic carbocycles. The molecule has 62 valence electrons. The Morgan fingerprint density at radius 1 is 1.46 bits per heavy atom. The van der Waals surface area contributed by atoms with Crippen molar-refractivity contribution in [1.82, 2.24) is 0 Å². The maximum absolute atomic E-state index is 12.6. The van der Waals surface area contributed by atoms with Gasteiger partial charge in [0, 0.05) is 17.0 Å². The Morgan fingerprint density at radius 2 is 2.23 bits per heavy atom. The monoisotopic (exact) mass is 173 g/mol. The first-order valence-electron chi connectivity index (χ1n) is 3.43. The smallest absolute Gasteiger partial charge is 0.152 e. The zero-order valence-electron chi connectivity index (χ0n) is 6.54. The molecule has 0 bridgehead atoms. The minimum absolute atomic E-state index is 0.233. The number of hydrogen-bond donors (Lipinski definition) is 0. The normalized spacial score (nSPS) is 8.00. The molecule has 1 aromatic carbocycles. The van der Waals surface area contributed by atoms with Gasteiger partial charge in [-0.3, -0.25) is 4.79 Å². The van der Waals surface area contributed by atoms with Crippen LogP contribution < -0.4 is 0 Å². The number of carbonyl (C=O) groups excluding carboxylic acids is 1. The molecule has 0 aliphatic heterocycles. The standard InChI is InChI=1S/C10H4FNO/c11-10-4-3-9(7-13)8(6-10)2-1-5-12/h3-4,6-7H. The summed E-state index contributed by atoms with van der Waals surface area (Å²) in [6, 6.07) is 5.20. The summed E-state index contributed by atoms with van der Waals surface area (Å²) < 4.78 is 12.6. The molecule has 0 N–H and O–H groups in total. The van der Waals surface area contributed by atoms with Crippen LogP contribution >= 0.6 is 0 Å². The molecule has 0 heterocycles. The molecule has 0 saturated carbocycles. The van der Waals surface area contributed by atoms with E-state index >= 15 is 0 Å². The Balaban J connectivity index is 3.25. The highest BCUT2D eigenvalue weighted by Crippen LogP contribution is 2.07. The lowest BCUT2D eigenvalue weighted by atomic mass is 10.1. The summed E-state index contributed by atoms with van der Waals surface area (Å²) in [6.45, 7) is 0. The van der Waals surface area contributed by atoms with E-state index in [0.29, 0.717) is 6.29 Å². The molecule has 0 radical (unpaired) electrons. The van der Waals surface area contributed by atoms with E-state index in [2.05, 4.69) is 11.8 Å². The fraction of sp³-hybridized carbons (Fsp3) is 0. The van der Waals surface area contributed by atoms with Crippen molar-refractivity contribution in [2.24, 2.45) is 0 Å². The molecule has 0 aliphatic rings. The minimum atomic E-state index is -0.479. The molecule has 0 amide bonds. The number of aldehydes is 1. The number of nitrogens with zero attached hydrogens (tertiary/aromatic N) is 1. The summed E-state index contributed by atoms with van der Waals surface area (Å²) >= 11 is 0. The van der Waals surface area contributed by atoms with Crippen LogP contribution in [0.1, 0.15) is 15.9 Å². The summed E-state index contributed by atoms with van der Waals surface area (Å²) in [5.41, 5.74) is 0.515. The van der Waals surface area contributed by atoms with E-state index in [1.807, 2.05) is 0 Å². The van der Waals surface area contributed by atoms with Crippen molar-refractivity contribution in [1.29, 1.82) is 5.26 Å². The average molecular weight is 173 g/mol. The van der Waals surface area contributed by atoms with Gasteiger partial charge in [-0.1, -0.05) is 0 Å². The second-order valence-electron chi connectivity index (χ2n) is 2.21. The van der Waals surface area contributed by atoms with Crippen LogP contribution in [-0.2, 0) is 0 Å². The molecular weight excluding hydrogens is 169 g/mol. The first kappa shape index (κ1) is 8.96. The van der Waals surface area contributed by atoms with E-state index in [1.54, 1.807) is 6.07 Å². The molecule has 0 atom stereocenters. The topological polar surface area (TPSA) is 40.9 Å². The zero-order chi connectivity index (χ0) is 9.68. The van der Waals surface area contributed by atoms with Gasteiger partial charge in [0.05, 0.1) is 0 Å². The molecule has 0 spiro atoms. The quantitative estimate of drug-likeness (QED) is 0.477. The first-order chi connectivity index (χ1) is 6.27. The van der Waals surface area contributed by atoms with Gasteiger partial charge in [0.15, 0.2) is 12.4 Å². The fourth-order valence-corrected chi connectivity index (χ4v) is 0.835. The van der Waals surface area contributed by atoms with Gasteiger partial charge in [-0.05, 0) is 24.1 Å². The van der Waals surface area contributed by atoms with Crippen molar-refractivity contribution in [3.05, 3.63) is 35.1 Å². The third kappa shape index (κ3) is 2.15. The average Bonchev–Trinajstić information content (AvgIpc) is 2.15. The summed E-state index contributed by atoms with van der Waals surface area (Å²) in [5, 5.41) is 8.15. The van der Waals surface area contributed by atoms with Crippen LogP contribution in [0, 0.1) is 29.0 Å². The van der Waals surface area contributed by atoms with Gasteiger partial charge in [-0.2, -0.15) is 5.26 Å². The van der Waals surface area contributed by atoms with E-state index in [1.165, 1.54) is 12.1 Å². The molecule has 13 heavy (non-hydrogen) atoms. The van der Waals surface area contributed by atoms with Crippen LogP contribution in [0.3, 0.4) is 0 Å². The predicted octanol–water partition coefficient (Wildman–Crippen LogP) is 1.51. The SMILES string of the molecule is N#CC#Cc1cc(F)ccc1C=O. The molecule has 1 aromatic rings. The van der Waals surface area contributed by atoms with Gasteiger partial charge in [-0.25, -0.2) is 4.39 Å². The molecule has 1 rings (SSSR count). The predicted molar refractivity (Wildman–Crippen MR) is 44.3 cm³/mol. The van der Waals surface area contributed by atoms with E-state index in [9.17, 15) is 9.18 Å². The molecule has 0 saturated heterocycles. The van der Waals surface area contributed by atoms with Gasteiger partial charge >= 0.3 is 0 Å². The van der Waals surface area contributed by atoms with Crippen molar-refractivity contribution < 1.29 is 9.18 Å².